The molecule has 0 radical (unpaired) electrons. The van der Waals surface area contributed by atoms with Crippen molar-refractivity contribution in [3.8, 4) is 11.1 Å². The van der Waals surface area contributed by atoms with Gasteiger partial charge in [-0.3, -0.25) is 9.88 Å². The quantitative estimate of drug-likeness (QED) is 0.358. The highest BCUT2D eigenvalue weighted by Crippen LogP contribution is 2.37. The molecule has 2 aromatic heterocycles. The van der Waals surface area contributed by atoms with Gasteiger partial charge in [0.25, 0.3) is 0 Å². The second-order valence-electron chi connectivity index (χ2n) is 8.56. The number of pyridine rings is 2. The molecule has 0 saturated carbocycles. The van der Waals surface area contributed by atoms with Gasteiger partial charge in [-0.1, -0.05) is 35.9 Å². The minimum Gasteiger partial charge on any atom is -0.398 e. The highest BCUT2D eigenvalue weighted by atomic mass is 35.5. The molecule has 4 N–H and O–H groups in total. The number of aromatic nitrogens is 2. The first kappa shape index (κ1) is 21.6. The van der Waals surface area contributed by atoms with E-state index in [0.29, 0.717) is 23.1 Å². The first-order chi connectivity index (χ1) is 16.0. The summed E-state index contributed by atoms with van der Waals surface area (Å²) in [4.78, 5) is 11.5. The Hall–Kier alpha value is -3.19. The summed E-state index contributed by atoms with van der Waals surface area (Å²) in [5.41, 5.74) is 12.4. The van der Waals surface area contributed by atoms with Gasteiger partial charge in [0.05, 0.1) is 16.8 Å². The molecule has 4 aromatic rings. The summed E-state index contributed by atoms with van der Waals surface area (Å²) in [7, 11) is 0. The van der Waals surface area contributed by atoms with Crippen LogP contribution >= 0.6 is 11.6 Å². The molecule has 1 fully saturated rings. The van der Waals surface area contributed by atoms with Crippen LogP contribution in [0.1, 0.15) is 17.5 Å². The molecule has 1 atom stereocenters. The van der Waals surface area contributed by atoms with Crippen molar-refractivity contribution in [2.75, 3.05) is 24.1 Å². The number of fused-ring (bicyclic) bond motifs is 1. The van der Waals surface area contributed by atoms with E-state index in [1.54, 1.807) is 12.3 Å². The zero-order chi connectivity index (χ0) is 22.9. The standard InChI is InChI=1S/C26H26ClN5O/c1-16-20(21-5-2-6-22(28)24(21)27)4-3-7-23(16)31-26-25-18(8-10-29-26)12-17(13-30-25)14-32-11-9-19(33)15-32/h2-8,10,12-13,19,33H,9,11,14-15,28H2,1H3,(H,29,31)/t19-/m1/s1. The van der Waals surface area contributed by atoms with E-state index in [-0.39, 0.29) is 6.10 Å². The molecule has 1 aliphatic heterocycles. The van der Waals surface area contributed by atoms with Crippen LogP contribution in [0.25, 0.3) is 22.0 Å². The summed E-state index contributed by atoms with van der Waals surface area (Å²) in [5, 5.41) is 14.8. The van der Waals surface area contributed by atoms with Gasteiger partial charge in [0.15, 0.2) is 5.82 Å². The fraction of sp³-hybridized carbons (Fsp3) is 0.231. The van der Waals surface area contributed by atoms with E-state index in [2.05, 4.69) is 28.2 Å². The lowest BCUT2D eigenvalue weighted by molar-refractivity contribution is 0.175. The van der Waals surface area contributed by atoms with Crippen molar-refractivity contribution in [2.24, 2.45) is 0 Å². The first-order valence-corrected chi connectivity index (χ1v) is 11.4. The number of hydrogen-bond donors (Lipinski definition) is 3. The van der Waals surface area contributed by atoms with Crippen molar-refractivity contribution in [1.29, 1.82) is 0 Å². The summed E-state index contributed by atoms with van der Waals surface area (Å²) >= 11 is 6.49. The second kappa shape index (κ2) is 8.98. The van der Waals surface area contributed by atoms with Crippen LogP contribution in [0.2, 0.25) is 5.02 Å². The van der Waals surface area contributed by atoms with E-state index < -0.39 is 0 Å². The third kappa shape index (κ3) is 4.37. The van der Waals surface area contributed by atoms with Gasteiger partial charge in [-0.25, -0.2) is 4.98 Å². The van der Waals surface area contributed by atoms with E-state index >= 15 is 0 Å². The van der Waals surface area contributed by atoms with Crippen molar-refractivity contribution in [1.82, 2.24) is 14.9 Å². The minimum absolute atomic E-state index is 0.223. The fourth-order valence-electron chi connectivity index (χ4n) is 4.45. The van der Waals surface area contributed by atoms with Gasteiger partial charge < -0.3 is 16.2 Å². The molecule has 7 heteroatoms. The highest BCUT2D eigenvalue weighted by molar-refractivity contribution is 6.35. The molecular formula is C26H26ClN5O. The minimum atomic E-state index is -0.223. The average Bonchev–Trinajstić information content (AvgIpc) is 3.22. The maximum absolute atomic E-state index is 9.78. The number of nitrogens with one attached hydrogen (secondary N) is 1. The van der Waals surface area contributed by atoms with Gasteiger partial charge in [-0.2, -0.15) is 0 Å². The number of aliphatic hydroxyl groups is 1. The molecule has 1 aliphatic rings. The van der Waals surface area contributed by atoms with Gasteiger partial charge in [-0.15, -0.1) is 0 Å². The van der Waals surface area contributed by atoms with E-state index in [1.807, 2.05) is 42.6 Å². The Morgan fingerprint density at radius 1 is 1.15 bits per heavy atom. The van der Waals surface area contributed by atoms with E-state index in [1.165, 1.54) is 0 Å². The summed E-state index contributed by atoms with van der Waals surface area (Å²) in [6.07, 6.45) is 4.30. The molecule has 6 nitrogen and oxygen atoms in total. The van der Waals surface area contributed by atoms with Crippen LogP contribution in [0.15, 0.2) is 60.9 Å². The molecule has 0 unspecified atom stereocenters. The van der Waals surface area contributed by atoms with Crippen LogP contribution in [0.5, 0.6) is 0 Å². The lowest BCUT2D eigenvalue weighted by Crippen LogP contribution is -2.21. The fourth-order valence-corrected chi connectivity index (χ4v) is 4.67. The Balaban J connectivity index is 1.45. The van der Waals surface area contributed by atoms with Crippen LogP contribution in [0, 0.1) is 6.92 Å². The van der Waals surface area contributed by atoms with Gasteiger partial charge in [0, 0.05) is 48.7 Å². The van der Waals surface area contributed by atoms with Crippen molar-refractivity contribution in [3.05, 3.63) is 77.1 Å². The predicted molar refractivity (Wildman–Crippen MR) is 135 cm³/mol. The van der Waals surface area contributed by atoms with E-state index in [0.717, 1.165) is 58.4 Å². The van der Waals surface area contributed by atoms with Gasteiger partial charge in [-0.05, 0) is 54.3 Å². The molecule has 3 heterocycles. The van der Waals surface area contributed by atoms with Gasteiger partial charge >= 0.3 is 0 Å². The van der Waals surface area contributed by atoms with E-state index in [9.17, 15) is 5.11 Å². The lowest BCUT2D eigenvalue weighted by Gasteiger charge is -2.16. The van der Waals surface area contributed by atoms with Crippen molar-refractivity contribution < 1.29 is 5.11 Å². The maximum atomic E-state index is 9.78. The number of β-amino-alcohol motifs (C(OH)–C–C–N with tert-alkyl or cyclic N) is 1. The number of halogens is 1. The third-order valence-electron chi connectivity index (χ3n) is 6.22. The number of nitrogen functional groups attached to an aromatic ring is 1. The first-order valence-electron chi connectivity index (χ1n) is 11.0. The summed E-state index contributed by atoms with van der Waals surface area (Å²) in [6.45, 7) is 4.47. The molecule has 2 aromatic carbocycles. The van der Waals surface area contributed by atoms with Crippen LogP contribution < -0.4 is 11.1 Å². The Kier molecular flexibility index (Phi) is 5.89. The molecular weight excluding hydrogens is 434 g/mol. The lowest BCUT2D eigenvalue weighted by atomic mass is 9.98. The zero-order valence-corrected chi connectivity index (χ0v) is 19.2. The monoisotopic (exact) mass is 459 g/mol. The highest BCUT2D eigenvalue weighted by Gasteiger charge is 2.20. The molecule has 0 amide bonds. The van der Waals surface area contributed by atoms with Crippen LogP contribution in [-0.2, 0) is 6.54 Å². The largest absolute Gasteiger partial charge is 0.398 e. The summed E-state index contributed by atoms with van der Waals surface area (Å²) in [6, 6.07) is 15.9. The topological polar surface area (TPSA) is 87.3 Å². The molecule has 168 valence electrons. The normalized spacial score (nSPS) is 16.4. The van der Waals surface area contributed by atoms with Gasteiger partial charge in [0.1, 0.15) is 5.52 Å². The molecule has 1 saturated heterocycles. The third-order valence-corrected chi connectivity index (χ3v) is 6.64. The number of likely N-dealkylation sites (tertiary alicyclic amines) is 1. The number of hydrogen-bond acceptors (Lipinski definition) is 6. The summed E-state index contributed by atoms with van der Waals surface area (Å²) < 4.78 is 0. The average molecular weight is 460 g/mol. The SMILES string of the molecule is Cc1c(Nc2nccc3cc(CN4CC[C@@H](O)C4)cnc23)cccc1-c1cccc(N)c1Cl. The smallest absolute Gasteiger partial charge is 0.156 e. The number of aliphatic hydroxyl groups excluding tert-OH is 1. The summed E-state index contributed by atoms with van der Waals surface area (Å²) in [5.74, 6) is 0.703. The number of nitrogens with zero attached hydrogens (tertiary/aromatic N) is 3. The van der Waals surface area contributed by atoms with Gasteiger partial charge in [0.2, 0.25) is 0 Å². The number of anilines is 3. The molecule has 0 spiro atoms. The van der Waals surface area contributed by atoms with Crippen molar-refractivity contribution in [3.63, 3.8) is 0 Å². The van der Waals surface area contributed by atoms with E-state index in [4.69, 9.17) is 22.3 Å². The van der Waals surface area contributed by atoms with Crippen molar-refractivity contribution >= 4 is 39.7 Å². The number of nitrogens with two attached hydrogens (primary N) is 1. The molecule has 5 rings (SSSR count). The number of benzene rings is 2. The Labute approximate surface area is 198 Å². The Morgan fingerprint density at radius 2 is 1.97 bits per heavy atom. The Morgan fingerprint density at radius 3 is 2.79 bits per heavy atom. The van der Waals surface area contributed by atoms with Crippen molar-refractivity contribution in [2.45, 2.75) is 26.0 Å². The predicted octanol–water partition coefficient (Wildman–Crippen LogP) is 5.15. The number of rotatable bonds is 5. The molecule has 0 bridgehead atoms. The van der Waals surface area contributed by atoms with Crippen LogP contribution in [0.4, 0.5) is 17.2 Å². The Bertz CT molecular complexity index is 1330. The maximum Gasteiger partial charge on any atom is 0.156 e. The zero-order valence-electron chi connectivity index (χ0n) is 18.4. The molecule has 33 heavy (non-hydrogen) atoms. The van der Waals surface area contributed by atoms with Crippen LogP contribution in [0.3, 0.4) is 0 Å². The second-order valence-corrected chi connectivity index (χ2v) is 8.94. The van der Waals surface area contributed by atoms with Crippen LogP contribution in [-0.4, -0.2) is 39.2 Å². The molecule has 0 aliphatic carbocycles.